The number of Topliss-reactive ketones (excluding diaryl/α,β-unsaturated/α-hetero) is 1. The topological polar surface area (TPSA) is 72.7 Å². The minimum Gasteiger partial charge on any atom is -0.373 e. The van der Waals surface area contributed by atoms with Crippen LogP contribution in [0.1, 0.15) is 43.2 Å². The monoisotopic (exact) mass is 389 g/mol. The van der Waals surface area contributed by atoms with Crippen molar-refractivity contribution in [3.05, 3.63) is 48.2 Å². The van der Waals surface area contributed by atoms with E-state index in [1.807, 2.05) is 71.0 Å². The van der Waals surface area contributed by atoms with Crippen LogP contribution < -0.4 is 5.32 Å². The molecule has 1 aromatic carbocycles. The number of hydrogen-bond acceptors (Lipinski definition) is 5. The molecule has 3 aromatic heterocycles. The fraction of sp³-hybridized carbons (Fsp3) is 0.304. The van der Waals surface area contributed by atoms with E-state index >= 15 is 0 Å². The standard InChI is InChI=1S/C21H21N5O.C2H6/c1-5-18(27)17-6-12(2)16(10-23-17)15-7-13-9-24-19(22-3)8-14(13)21-20(15)25-11-26(21)4;1-2/h6-11H,5H2,1-4H3,(H,22,24);1-2H3. The lowest BCUT2D eigenvalue weighted by molar-refractivity contribution is 0.0983. The molecular formula is C23H27N5O. The first kappa shape index (κ1) is 20.5. The van der Waals surface area contributed by atoms with Gasteiger partial charge in [-0.05, 0) is 30.7 Å². The zero-order valence-electron chi connectivity index (χ0n) is 17.9. The van der Waals surface area contributed by atoms with Gasteiger partial charge < -0.3 is 9.88 Å². The van der Waals surface area contributed by atoms with Crippen LogP contribution in [-0.2, 0) is 7.05 Å². The number of carbonyl (C=O) groups is 1. The molecule has 0 aliphatic heterocycles. The summed E-state index contributed by atoms with van der Waals surface area (Å²) in [4.78, 5) is 25.5. The fourth-order valence-electron chi connectivity index (χ4n) is 3.47. The van der Waals surface area contributed by atoms with Crippen LogP contribution in [0.2, 0.25) is 0 Å². The molecule has 0 saturated heterocycles. The first-order valence-electron chi connectivity index (χ1n) is 9.95. The molecule has 0 atom stereocenters. The predicted octanol–water partition coefficient (Wildman–Crippen LogP) is 5.15. The Hall–Kier alpha value is -3.28. The van der Waals surface area contributed by atoms with E-state index in [1.54, 1.807) is 6.20 Å². The lowest BCUT2D eigenvalue weighted by atomic mass is 9.97. The second-order valence-corrected chi connectivity index (χ2v) is 6.68. The van der Waals surface area contributed by atoms with Gasteiger partial charge in [0.1, 0.15) is 11.5 Å². The molecule has 0 unspecified atom stereocenters. The number of aromatic nitrogens is 4. The van der Waals surface area contributed by atoms with E-state index in [9.17, 15) is 4.79 Å². The molecule has 1 N–H and O–H groups in total. The van der Waals surface area contributed by atoms with Crippen LogP contribution in [0.3, 0.4) is 0 Å². The van der Waals surface area contributed by atoms with Crippen molar-refractivity contribution in [2.24, 2.45) is 7.05 Å². The third-order valence-corrected chi connectivity index (χ3v) is 4.95. The Balaban J connectivity index is 0.00000117. The van der Waals surface area contributed by atoms with Gasteiger partial charge in [0.15, 0.2) is 5.78 Å². The van der Waals surface area contributed by atoms with Gasteiger partial charge in [0.2, 0.25) is 0 Å². The number of hydrogen-bond donors (Lipinski definition) is 1. The number of nitrogens with one attached hydrogen (secondary N) is 1. The Labute approximate surface area is 171 Å². The Kier molecular flexibility index (Phi) is 5.92. The second kappa shape index (κ2) is 8.39. The highest BCUT2D eigenvalue weighted by molar-refractivity contribution is 6.11. The van der Waals surface area contributed by atoms with Gasteiger partial charge in [-0.2, -0.15) is 0 Å². The van der Waals surface area contributed by atoms with E-state index in [1.165, 1.54) is 0 Å². The molecule has 0 aliphatic carbocycles. The van der Waals surface area contributed by atoms with Gasteiger partial charge in [-0.3, -0.25) is 9.78 Å². The lowest BCUT2D eigenvalue weighted by Gasteiger charge is -2.12. The van der Waals surface area contributed by atoms with Crippen LogP contribution in [0.15, 0.2) is 36.9 Å². The molecule has 150 valence electrons. The number of rotatable bonds is 4. The first-order chi connectivity index (χ1) is 14.0. The first-order valence-corrected chi connectivity index (χ1v) is 9.95. The van der Waals surface area contributed by atoms with E-state index in [2.05, 4.69) is 26.3 Å². The summed E-state index contributed by atoms with van der Waals surface area (Å²) in [5.74, 6) is 0.868. The number of pyridine rings is 2. The molecule has 0 saturated carbocycles. The third kappa shape index (κ3) is 3.58. The third-order valence-electron chi connectivity index (χ3n) is 4.95. The number of ketones is 1. The minimum atomic E-state index is 0.0509. The molecule has 0 fully saturated rings. The normalized spacial score (nSPS) is 10.7. The molecule has 3 heterocycles. The fourth-order valence-corrected chi connectivity index (χ4v) is 3.47. The van der Waals surface area contributed by atoms with E-state index in [0.717, 1.165) is 44.3 Å². The molecule has 6 nitrogen and oxygen atoms in total. The Morgan fingerprint density at radius 2 is 1.83 bits per heavy atom. The predicted molar refractivity (Wildman–Crippen MR) is 119 cm³/mol. The smallest absolute Gasteiger partial charge is 0.180 e. The summed E-state index contributed by atoms with van der Waals surface area (Å²) in [7, 11) is 3.85. The van der Waals surface area contributed by atoms with Crippen molar-refractivity contribution >= 4 is 33.4 Å². The highest BCUT2D eigenvalue weighted by Crippen LogP contribution is 2.35. The van der Waals surface area contributed by atoms with Crippen molar-refractivity contribution in [1.82, 2.24) is 19.5 Å². The summed E-state index contributed by atoms with van der Waals surface area (Å²) < 4.78 is 2.03. The Morgan fingerprint density at radius 3 is 2.48 bits per heavy atom. The highest BCUT2D eigenvalue weighted by Gasteiger charge is 2.16. The molecule has 0 radical (unpaired) electrons. The molecular weight excluding hydrogens is 362 g/mol. The van der Waals surface area contributed by atoms with Crippen molar-refractivity contribution in [3.8, 4) is 11.1 Å². The average Bonchev–Trinajstić information content (AvgIpc) is 3.15. The number of aryl methyl sites for hydroxylation is 2. The molecule has 0 aliphatic rings. The highest BCUT2D eigenvalue weighted by atomic mass is 16.1. The summed E-state index contributed by atoms with van der Waals surface area (Å²) in [5, 5.41) is 5.22. The van der Waals surface area contributed by atoms with Gasteiger partial charge in [0.05, 0.1) is 17.4 Å². The van der Waals surface area contributed by atoms with E-state index in [4.69, 9.17) is 0 Å². The Morgan fingerprint density at radius 1 is 1.07 bits per heavy atom. The minimum absolute atomic E-state index is 0.0509. The molecule has 29 heavy (non-hydrogen) atoms. The molecule has 0 bridgehead atoms. The van der Waals surface area contributed by atoms with Gasteiger partial charge in [-0.1, -0.05) is 20.8 Å². The van der Waals surface area contributed by atoms with Crippen LogP contribution in [-0.4, -0.2) is 32.3 Å². The molecule has 0 amide bonds. The average molecular weight is 390 g/mol. The number of carbonyl (C=O) groups excluding carboxylic acids is 1. The lowest BCUT2D eigenvalue weighted by Crippen LogP contribution is -2.01. The number of anilines is 1. The van der Waals surface area contributed by atoms with Crippen LogP contribution >= 0.6 is 0 Å². The molecule has 4 aromatic rings. The van der Waals surface area contributed by atoms with Gasteiger partial charge in [-0.15, -0.1) is 0 Å². The maximum absolute atomic E-state index is 12.0. The maximum atomic E-state index is 12.0. The zero-order valence-corrected chi connectivity index (χ0v) is 17.9. The maximum Gasteiger partial charge on any atom is 0.180 e. The number of nitrogens with zero attached hydrogens (tertiary/aromatic N) is 4. The van der Waals surface area contributed by atoms with Gasteiger partial charge in [-0.25, -0.2) is 9.97 Å². The van der Waals surface area contributed by atoms with Crippen LogP contribution in [0.25, 0.3) is 32.9 Å². The summed E-state index contributed by atoms with van der Waals surface area (Å²) in [5.41, 5.74) is 5.46. The molecule has 4 rings (SSSR count). The van der Waals surface area contributed by atoms with Crippen molar-refractivity contribution in [1.29, 1.82) is 0 Å². The molecule has 6 heteroatoms. The van der Waals surface area contributed by atoms with Crippen molar-refractivity contribution in [2.45, 2.75) is 34.1 Å². The number of benzene rings is 1. The summed E-state index contributed by atoms with van der Waals surface area (Å²) in [6.07, 6.45) is 5.92. The summed E-state index contributed by atoms with van der Waals surface area (Å²) >= 11 is 0. The van der Waals surface area contributed by atoms with Gasteiger partial charge >= 0.3 is 0 Å². The second-order valence-electron chi connectivity index (χ2n) is 6.68. The number of imidazole rings is 1. The van der Waals surface area contributed by atoms with Gasteiger partial charge in [0, 0.05) is 54.8 Å². The summed E-state index contributed by atoms with van der Waals surface area (Å²) in [6.45, 7) is 7.85. The summed E-state index contributed by atoms with van der Waals surface area (Å²) in [6, 6.07) is 6.00. The SMILES string of the molecule is CC.CCC(=O)c1cc(C)c(-c2cc3cnc(NC)cc3c3c2ncn3C)cn1. The molecule has 0 spiro atoms. The van der Waals surface area contributed by atoms with Crippen LogP contribution in [0.4, 0.5) is 5.82 Å². The van der Waals surface area contributed by atoms with Crippen molar-refractivity contribution < 1.29 is 4.79 Å². The Bertz CT molecular complexity index is 1190. The number of fused-ring (bicyclic) bond motifs is 3. The largest absolute Gasteiger partial charge is 0.373 e. The van der Waals surface area contributed by atoms with E-state index in [0.29, 0.717) is 12.1 Å². The van der Waals surface area contributed by atoms with Crippen LogP contribution in [0, 0.1) is 6.92 Å². The van der Waals surface area contributed by atoms with Crippen LogP contribution in [0.5, 0.6) is 0 Å². The van der Waals surface area contributed by atoms with E-state index < -0.39 is 0 Å². The van der Waals surface area contributed by atoms with Crippen molar-refractivity contribution in [3.63, 3.8) is 0 Å². The van der Waals surface area contributed by atoms with Crippen molar-refractivity contribution in [2.75, 3.05) is 12.4 Å². The van der Waals surface area contributed by atoms with E-state index in [-0.39, 0.29) is 5.78 Å². The zero-order chi connectivity index (χ0) is 21.1. The van der Waals surface area contributed by atoms with Gasteiger partial charge in [0.25, 0.3) is 0 Å². The quantitative estimate of drug-likeness (QED) is 0.489.